The van der Waals surface area contributed by atoms with E-state index >= 15 is 0 Å². The largest absolute Gasteiger partial charge is 0.300 e. The van der Waals surface area contributed by atoms with E-state index in [4.69, 9.17) is 6.42 Å². The van der Waals surface area contributed by atoms with Crippen molar-refractivity contribution in [3.05, 3.63) is 12.3 Å². The fourth-order valence-electron chi connectivity index (χ4n) is 0.403. The lowest BCUT2D eigenvalue weighted by Gasteiger charge is -1.85. The van der Waals surface area contributed by atoms with Gasteiger partial charge in [0.1, 0.15) is 5.82 Å². The van der Waals surface area contributed by atoms with Crippen molar-refractivity contribution in [3.8, 4) is 12.5 Å². The molecule has 0 aliphatic rings. The molecule has 0 aromatic carbocycles. The van der Waals surface area contributed by atoms with Crippen LogP contribution in [0.2, 0.25) is 0 Å². The summed E-state index contributed by atoms with van der Waals surface area (Å²) >= 11 is 0. The van der Waals surface area contributed by atoms with Gasteiger partial charge in [-0.1, -0.05) is 6.42 Å². The van der Waals surface area contributed by atoms with E-state index in [2.05, 4.69) is 21.6 Å². The lowest BCUT2D eigenvalue weighted by atomic mass is 10.6. The molecule has 0 amide bonds. The first-order valence-electron chi connectivity index (χ1n) is 2.14. The van der Waals surface area contributed by atoms with Crippen LogP contribution in [0.25, 0.3) is 0 Å². The minimum Gasteiger partial charge on any atom is -0.300 e. The highest BCUT2D eigenvalue weighted by atomic mass is 15.2. The Morgan fingerprint density at radius 2 is 2.75 bits per heavy atom. The van der Waals surface area contributed by atoms with E-state index in [1.165, 1.54) is 0 Å². The van der Waals surface area contributed by atoms with Gasteiger partial charge in [-0.25, -0.2) is 0 Å². The maximum Gasteiger partial charge on any atom is 0.133 e. The van der Waals surface area contributed by atoms with E-state index in [1.54, 1.807) is 12.3 Å². The Balaban J connectivity index is 2.67. The summed E-state index contributed by atoms with van der Waals surface area (Å²) in [5.74, 6) is 0.743. The van der Waals surface area contributed by atoms with Crippen molar-refractivity contribution < 1.29 is 0 Å². The Bertz CT molecular complexity index is 182. The molecule has 0 fully saturated rings. The Morgan fingerprint density at radius 3 is 3.25 bits per heavy atom. The summed E-state index contributed by atoms with van der Waals surface area (Å²) in [4.78, 5) is 0. The first kappa shape index (κ1) is 4.72. The van der Waals surface area contributed by atoms with Crippen molar-refractivity contribution in [2.75, 3.05) is 5.32 Å². The number of aromatic amines is 1. The predicted molar refractivity (Wildman–Crippen MR) is 31.0 cm³/mol. The fourth-order valence-corrected chi connectivity index (χ4v) is 0.403. The number of aromatic nitrogens is 2. The van der Waals surface area contributed by atoms with Crippen LogP contribution in [0, 0.1) is 12.5 Å². The van der Waals surface area contributed by atoms with E-state index in [9.17, 15) is 0 Å². The Kier molecular flexibility index (Phi) is 1.20. The van der Waals surface area contributed by atoms with Gasteiger partial charge >= 0.3 is 0 Å². The van der Waals surface area contributed by atoms with E-state index in [-0.39, 0.29) is 0 Å². The van der Waals surface area contributed by atoms with Crippen LogP contribution in [0.3, 0.4) is 0 Å². The molecule has 0 aliphatic carbocycles. The smallest absolute Gasteiger partial charge is 0.133 e. The Hall–Kier alpha value is -1.43. The summed E-state index contributed by atoms with van der Waals surface area (Å²) in [6, 6.07) is 4.00. The van der Waals surface area contributed by atoms with Gasteiger partial charge in [-0.3, -0.25) is 10.4 Å². The highest BCUT2D eigenvalue weighted by molar-refractivity contribution is 5.37. The van der Waals surface area contributed by atoms with Crippen LogP contribution in [0.4, 0.5) is 5.82 Å². The maximum atomic E-state index is 4.91. The second-order valence-corrected chi connectivity index (χ2v) is 1.24. The number of terminal acetylenes is 1. The Labute approximate surface area is 47.1 Å². The molecule has 0 aliphatic heterocycles. The molecule has 8 heavy (non-hydrogen) atoms. The minimum absolute atomic E-state index is 0.743. The standard InChI is InChI=1S/C5H5N3/c1-2-6-5-3-4-7-8-5/h1,3-4H,(H2,6,7,8). The van der Waals surface area contributed by atoms with Crippen molar-refractivity contribution in [1.82, 2.24) is 10.2 Å². The number of nitrogens with zero attached hydrogens (tertiary/aromatic N) is 1. The van der Waals surface area contributed by atoms with Gasteiger partial charge in [0, 0.05) is 12.1 Å². The molecule has 0 atom stereocenters. The topological polar surface area (TPSA) is 40.7 Å². The molecular weight excluding hydrogens is 102 g/mol. The van der Waals surface area contributed by atoms with E-state index < -0.39 is 0 Å². The molecule has 3 heteroatoms. The van der Waals surface area contributed by atoms with Gasteiger partial charge in [0.25, 0.3) is 0 Å². The van der Waals surface area contributed by atoms with Gasteiger partial charge in [-0.15, -0.1) is 0 Å². The molecule has 1 aromatic heterocycles. The fraction of sp³-hybridized carbons (Fsp3) is 0. The second-order valence-electron chi connectivity index (χ2n) is 1.24. The molecule has 0 radical (unpaired) electrons. The normalized spacial score (nSPS) is 7.88. The molecule has 1 aromatic rings. The third kappa shape index (κ3) is 0.793. The van der Waals surface area contributed by atoms with Crippen LogP contribution in [0.15, 0.2) is 12.3 Å². The van der Waals surface area contributed by atoms with Gasteiger partial charge < -0.3 is 0 Å². The summed E-state index contributed by atoms with van der Waals surface area (Å²) < 4.78 is 0. The average molecular weight is 107 g/mol. The van der Waals surface area contributed by atoms with Crippen LogP contribution in [0.5, 0.6) is 0 Å². The lowest BCUT2D eigenvalue weighted by molar-refractivity contribution is 1.09. The van der Waals surface area contributed by atoms with Gasteiger partial charge in [-0.2, -0.15) is 5.10 Å². The summed E-state index contributed by atoms with van der Waals surface area (Å²) in [7, 11) is 0. The third-order valence-corrected chi connectivity index (χ3v) is 0.708. The molecule has 0 saturated heterocycles. The van der Waals surface area contributed by atoms with Gasteiger partial charge in [-0.05, 0) is 0 Å². The van der Waals surface area contributed by atoms with Gasteiger partial charge in [0.15, 0.2) is 0 Å². The summed E-state index contributed by atoms with van der Waals surface area (Å²) in [5.41, 5.74) is 0. The van der Waals surface area contributed by atoms with Crippen LogP contribution >= 0.6 is 0 Å². The second kappa shape index (κ2) is 2.03. The minimum atomic E-state index is 0.743. The molecule has 0 unspecified atom stereocenters. The van der Waals surface area contributed by atoms with Crippen LogP contribution in [-0.2, 0) is 0 Å². The van der Waals surface area contributed by atoms with Crippen molar-refractivity contribution >= 4 is 5.82 Å². The molecule has 3 nitrogen and oxygen atoms in total. The zero-order valence-electron chi connectivity index (χ0n) is 4.18. The predicted octanol–water partition coefficient (Wildman–Crippen LogP) is 0.412. The summed E-state index contributed by atoms with van der Waals surface area (Å²) in [5, 5.41) is 8.89. The quantitative estimate of drug-likeness (QED) is 0.403. The number of anilines is 1. The van der Waals surface area contributed by atoms with Crippen molar-refractivity contribution in [3.63, 3.8) is 0 Å². The zero-order valence-corrected chi connectivity index (χ0v) is 4.18. The monoisotopic (exact) mass is 107 g/mol. The van der Waals surface area contributed by atoms with Crippen LogP contribution in [-0.4, -0.2) is 10.2 Å². The molecule has 0 spiro atoms. The van der Waals surface area contributed by atoms with Gasteiger partial charge in [0.05, 0.1) is 6.20 Å². The molecule has 1 heterocycles. The first-order valence-corrected chi connectivity index (χ1v) is 2.14. The number of hydrogen-bond donors (Lipinski definition) is 2. The lowest BCUT2D eigenvalue weighted by Crippen LogP contribution is -1.85. The first-order chi connectivity index (χ1) is 3.93. The summed E-state index contributed by atoms with van der Waals surface area (Å²) in [6.45, 7) is 0. The molecule has 40 valence electrons. The highest BCUT2D eigenvalue weighted by Crippen LogP contribution is 1.94. The molecule has 1 rings (SSSR count). The molecule has 2 N–H and O–H groups in total. The van der Waals surface area contributed by atoms with Gasteiger partial charge in [0.2, 0.25) is 0 Å². The number of H-pyrrole nitrogens is 1. The van der Waals surface area contributed by atoms with Crippen LogP contribution < -0.4 is 5.32 Å². The van der Waals surface area contributed by atoms with E-state index in [1.807, 2.05) is 0 Å². The average Bonchev–Trinajstić information content (AvgIpc) is 2.19. The molecule has 0 saturated carbocycles. The van der Waals surface area contributed by atoms with E-state index in [0.29, 0.717) is 0 Å². The number of rotatable bonds is 1. The SMILES string of the molecule is C#CNc1ccn[nH]1. The van der Waals surface area contributed by atoms with Crippen molar-refractivity contribution in [1.29, 1.82) is 0 Å². The Morgan fingerprint density at radius 1 is 1.88 bits per heavy atom. The summed E-state index contributed by atoms with van der Waals surface area (Å²) in [6.07, 6.45) is 6.54. The number of hydrogen-bond acceptors (Lipinski definition) is 2. The van der Waals surface area contributed by atoms with Crippen molar-refractivity contribution in [2.45, 2.75) is 0 Å². The highest BCUT2D eigenvalue weighted by Gasteiger charge is 1.82. The zero-order chi connectivity index (χ0) is 5.82. The van der Waals surface area contributed by atoms with E-state index in [0.717, 1.165) is 5.82 Å². The molecule has 0 bridgehead atoms. The van der Waals surface area contributed by atoms with Crippen LogP contribution in [0.1, 0.15) is 0 Å². The molecular formula is C5H5N3. The third-order valence-electron chi connectivity index (χ3n) is 0.708. The maximum absolute atomic E-state index is 4.91. The van der Waals surface area contributed by atoms with Crippen molar-refractivity contribution in [2.24, 2.45) is 0 Å². The number of nitrogens with one attached hydrogen (secondary N) is 2.